The topological polar surface area (TPSA) is 55.2 Å². The zero-order valence-corrected chi connectivity index (χ0v) is 20.2. The number of aryl methyl sites for hydroxylation is 1. The first kappa shape index (κ1) is 21.6. The van der Waals surface area contributed by atoms with Crippen LogP contribution in [0.25, 0.3) is 16.6 Å². The Hall–Kier alpha value is -3.25. The van der Waals surface area contributed by atoms with Crippen LogP contribution in [0.3, 0.4) is 0 Å². The maximum absolute atomic E-state index is 13.6. The highest BCUT2D eigenvalue weighted by atomic mass is 79.9. The fourth-order valence-corrected chi connectivity index (χ4v) is 4.91. The van der Waals surface area contributed by atoms with Gasteiger partial charge < -0.3 is 4.90 Å². The predicted molar refractivity (Wildman–Crippen MR) is 135 cm³/mol. The molecule has 1 aromatic heterocycles. The summed E-state index contributed by atoms with van der Waals surface area (Å²) in [5.74, 6) is 0.286. The summed E-state index contributed by atoms with van der Waals surface area (Å²) in [6, 6.07) is 21.1. The highest BCUT2D eigenvalue weighted by molar-refractivity contribution is 9.10. The molecule has 5 rings (SSSR count). The predicted octanol–water partition coefficient (Wildman–Crippen LogP) is 5.54. The molecule has 0 bridgehead atoms. The molecule has 0 spiro atoms. The fraction of sp³-hybridized carbons (Fsp3) is 0.222. The molecule has 0 saturated carbocycles. The van der Waals surface area contributed by atoms with E-state index < -0.39 is 0 Å². The van der Waals surface area contributed by atoms with Gasteiger partial charge in [0.1, 0.15) is 5.82 Å². The SMILES string of the molecule is CCCN1C(=O)[C@@H](Cc2nc3ccccc3c(=O)n2-c2ccc(Br)cc2)c2cc(C)ccc21. The minimum atomic E-state index is -0.374. The molecule has 4 aromatic rings. The third-order valence-corrected chi connectivity index (χ3v) is 6.71. The third-order valence-electron chi connectivity index (χ3n) is 6.18. The van der Waals surface area contributed by atoms with Crippen LogP contribution in [0, 0.1) is 6.92 Å². The zero-order valence-electron chi connectivity index (χ0n) is 18.6. The van der Waals surface area contributed by atoms with Crippen molar-refractivity contribution in [1.82, 2.24) is 9.55 Å². The number of carbonyl (C=O) groups is 1. The van der Waals surface area contributed by atoms with E-state index in [4.69, 9.17) is 4.98 Å². The number of fused-ring (bicyclic) bond motifs is 2. The van der Waals surface area contributed by atoms with Crippen molar-refractivity contribution >= 4 is 38.4 Å². The Morgan fingerprint density at radius 1 is 1.00 bits per heavy atom. The van der Waals surface area contributed by atoms with Gasteiger partial charge in [-0.15, -0.1) is 0 Å². The van der Waals surface area contributed by atoms with Crippen molar-refractivity contribution in [2.75, 3.05) is 11.4 Å². The minimum Gasteiger partial charge on any atom is -0.312 e. The maximum Gasteiger partial charge on any atom is 0.265 e. The van der Waals surface area contributed by atoms with E-state index in [0.717, 1.165) is 33.4 Å². The van der Waals surface area contributed by atoms with Gasteiger partial charge in [0.25, 0.3) is 5.56 Å². The van der Waals surface area contributed by atoms with E-state index in [9.17, 15) is 9.59 Å². The number of para-hydroxylation sites is 1. The number of hydrogen-bond donors (Lipinski definition) is 0. The first-order valence-electron chi connectivity index (χ1n) is 11.2. The number of rotatable bonds is 5. The summed E-state index contributed by atoms with van der Waals surface area (Å²) in [7, 11) is 0. The standard InChI is InChI=1S/C27H24BrN3O2/c1-3-14-30-24-13-8-17(2)15-21(24)22(26(30)32)16-25-29-23-7-5-4-6-20(23)27(33)31(25)19-11-9-18(28)10-12-19/h4-13,15,22H,3,14,16H2,1-2H3/t22-/m0/s1. The lowest BCUT2D eigenvalue weighted by atomic mass is 9.95. The van der Waals surface area contributed by atoms with Crippen LogP contribution in [0.1, 0.15) is 36.2 Å². The van der Waals surface area contributed by atoms with Gasteiger partial charge in [-0.2, -0.15) is 0 Å². The van der Waals surface area contributed by atoms with E-state index in [1.54, 1.807) is 10.6 Å². The number of halogens is 1. The molecular formula is C27H24BrN3O2. The number of aromatic nitrogens is 2. The van der Waals surface area contributed by atoms with Crippen LogP contribution >= 0.6 is 15.9 Å². The summed E-state index contributed by atoms with van der Waals surface area (Å²) in [6.07, 6.45) is 1.23. The number of anilines is 1. The van der Waals surface area contributed by atoms with Crippen LogP contribution in [0.15, 0.2) is 76.0 Å². The number of amides is 1. The van der Waals surface area contributed by atoms with E-state index in [2.05, 4.69) is 28.9 Å². The van der Waals surface area contributed by atoms with Gasteiger partial charge >= 0.3 is 0 Å². The summed E-state index contributed by atoms with van der Waals surface area (Å²) in [6.45, 7) is 4.79. The molecular weight excluding hydrogens is 478 g/mol. The van der Waals surface area contributed by atoms with Gasteiger partial charge in [0.2, 0.25) is 5.91 Å². The Morgan fingerprint density at radius 2 is 1.76 bits per heavy atom. The molecule has 5 nitrogen and oxygen atoms in total. The molecule has 0 N–H and O–H groups in total. The van der Waals surface area contributed by atoms with Gasteiger partial charge in [-0.3, -0.25) is 14.2 Å². The van der Waals surface area contributed by atoms with Gasteiger partial charge in [-0.1, -0.05) is 52.7 Å². The maximum atomic E-state index is 13.6. The van der Waals surface area contributed by atoms with Gasteiger partial charge in [-0.05, 0) is 61.4 Å². The van der Waals surface area contributed by atoms with Gasteiger partial charge in [-0.25, -0.2) is 4.98 Å². The second-order valence-corrected chi connectivity index (χ2v) is 9.39. The Bertz CT molecular complexity index is 1430. The second-order valence-electron chi connectivity index (χ2n) is 8.47. The molecule has 1 atom stereocenters. The molecule has 33 heavy (non-hydrogen) atoms. The average molecular weight is 502 g/mol. The average Bonchev–Trinajstić information content (AvgIpc) is 3.06. The van der Waals surface area contributed by atoms with Crippen molar-refractivity contribution in [3.8, 4) is 5.69 Å². The van der Waals surface area contributed by atoms with Crippen molar-refractivity contribution in [1.29, 1.82) is 0 Å². The van der Waals surface area contributed by atoms with E-state index >= 15 is 0 Å². The smallest absolute Gasteiger partial charge is 0.265 e. The summed E-state index contributed by atoms with van der Waals surface area (Å²) < 4.78 is 2.58. The highest BCUT2D eigenvalue weighted by Crippen LogP contribution is 2.40. The minimum absolute atomic E-state index is 0.0715. The molecule has 0 aliphatic carbocycles. The largest absolute Gasteiger partial charge is 0.312 e. The van der Waals surface area contributed by atoms with Crippen molar-refractivity contribution < 1.29 is 4.79 Å². The van der Waals surface area contributed by atoms with E-state index in [1.165, 1.54) is 0 Å². The van der Waals surface area contributed by atoms with Crippen LogP contribution in [-0.4, -0.2) is 22.0 Å². The lowest BCUT2D eigenvalue weighted by molar-refractivity contribution is -0.119. The molecule has 2 heterocycles. The first-order chi connectivity index (χ1) is 16.0. The van der Waals surface area contributed by atoms with E-state index in [0.29, 0.717) is 29.7 Å². The van der Waals surface area contributed by atoms with Gasteiger partial charge in [0.15, 0.2) is 0 Å². The molecule has 166 valence electrons. The Balaban J connectivity index is 1.69. The van der Waals surface area contributed by atoms with Crippen LogP contribution in [0.4, 0.5) is 5.69 Å². The Morgan fingerprint density at radius 3 is 2.52 bits per heavy atom. The molecule has 1 aliphatic heterocycles. The number of carbonyl (C=O) groups excluding carboxylic acids is 1. The van der Waals surface area contributed by atoms with Crippen LogP contribution in [0.5, 0.6) is 0 Å². The van der Waals surface area contributed by atoms with E-state index in [-0.39, 0.29) is 17.4 Å². The number of benzene rings is 3. The summed E-state index contributed by atoms with van der Waals surface area (Å²) >= 11 is 3.47. The first-order valence-corrected chi connectivity index (χ1v) is 12.0. The van der Waals surface area contributed by atoms with Gasteiger partial charge in [0, 0.05) is 23.1 Å². The number of hydrogen-bond acceptors (Lipinski definition) is 3. The third kappa shape index (κ3) is 3.78. The van der Waals surface area contributed by atoms with Gasteiger partial charge in [0.05, 0.1) is 22.5 Å². The molecule has 0 radical (unpaired) electrons. The monoisotopic (exact) mass is 501 g/mol. The zero-order chi connectivity index (χ0) is 23.1. The molecule has 0 fully saturated rings. The normalized spacial score (nSPS) is 15.3. The molecule has 0 saturated heterocycles. The molecule has 0 unspecified atom stereocenters. The van der Waals surface area contributed by atoms with Crippen LogP contribution < -0.4 is 10.5 Å². The lowest BCUT2D eigenvalue weighted by Crippen LogP contribution is -2.31. The van der Waals surface area contributed by atoms with Crippen molar-refractivity contribution in [3.05, 3.63) is 98.5 Å². The molecule has 3 aromatic carbocycles. The van der Waals surface area contributed by atoms with Crippen LogP contribution in [-0.2, 0) is 11.2 Å². The summed E-state index contributed by atoms with van der Waals surface area (Å²) in [5, 5.41) is 0.561. The Kier molecular flexibility index (Phi) is 5.62. The highest BCUT2D eigenvalue weighted by Gasteiger charge is 2.37. The second kappa shape index (κ2) is 8.60. The summed E-state index contributed by atoms with van der Waals surface area (Å²) in [4.78, 5) is 33.8. The summed E-state index contributed by atoms with van der Waals surface area (Å²) in [5.41, 5.74) is 4.34. The lowest BCUT2D eigenvalue weighted by Gasteiger charge is -2.18. The van der Waals surface area contributed by atoms with Crippen molar-refractivity contribution in [2.45, 2.75) is 32.6 Å². The molecule has 6 heteroatoms. The fourth-order valence-electron chi connectivity index (χ4n) is 4.64. The quantitative estimate of drug-likeness (QED) is 0.360. The molecule has 1 amide bonds. The molecule has 1 aliphatic rings. The Labute approximate surface area is 200 Å². The van der Waals surface area contributed by atoms with Crippen molar-refractivity contribution in [3.63, 3.8) is 0 Å². The van der Waals surface area contributed by atoms with E-state index in [1.807, 2.05) is 66.4 Å². The van der Waals surface area contributed by atoms with Crippen LogP contribution in [0.2, 0.25) is 0 Å². The number of nitrogens with zero attached hydrogens (tertiary/aromatic N) is 3. The van der Waals surface area contributed by atoms with Crippen molar-refractivity contribution in [2.24, 2.45) is 0 Å².